The van der Waals surface area contributed by atoms with Crippen molar-refractivity contribution in [3.63, 3.8) is 0 Å². The van der Waals surface area contributed by atoms with Crippen molar-refractivity contribution in [1.29, 1.82) is 0 Å². The number of halogens is 1. The fraction of sp³-hybridized carbons (Fsp3) is 0.0833. The first-order valence-corrected chi connectivity index (χ1v) is 7.64. The van der Waals surface area contributed by atoms with E-state index in [1.54, 1.807) is 19.1 Å². The first-order chi connectivity index (χ1) is 8.90. The number of anilines is 1. The van der Waals surface area contributed by atoms with Gasteiger partial charge in [-0.15, -0.1) is 0 Å². The van der Waals surface area contributed by atoms with E-state index in [9.17, 15) is 13.2 Å². The Bertz CT molecular complexity index is 748. The Hall–Kier alpha value is -1.60. The van der Waals surface area contributed by atoms with E-state index in [-0.39, 0.29) is 10.5 Å². The SMILES string of the molecule is Cc1c(Br)cccc1NS(=O)(=O)c1ccc(=O)[nH]c1. The predicted octanol–water partition coefficient (Wildman–Crippen LogP) is 2.25. The largest absolute Gasteiger partial charge is 0.328 e. The summed E-state index contributed by atoms with van der Waals surface area (Å²) in [5.41, 5.74) is 0.925. The van der Waals surface area contributed by atoms with Crippen molar-refractivity contribution < 1.29 is 8.42 Å². The van der Waals surface area contributed by atoms with Crippen LogP contribution in [-0.4, -0.2) is 13.4 Å². The number of aromatic amines is 1. The second-order valence-corrected chi connectivity index (χ2v) is 6.44. The maximum absolute atomic E-state index is 12.1. The van der Waals surface area contributed by atoms with E-state index in [2.05, 4.69) is 25.6 Å². The van der Waals surface area contributed by atoms with Gasteiger partial charge in [0.25, 0.3) is 10.0 Å². The molecule has 0 amide bonds. The number of sulfonamides is 1. The third-order valence-electron chi connectivity index (χ3n) is 2.58. The minimum Gasteiger partial charge on any atom is -0.328 e. The van der Waals surface area contributed by atoms with Gasteiger partial charge in [0.15, 0.2) is 0 Å². The molecule has 2 rings (SSSR count). The smallest absolute Gasteiger partial charge is 0.263 e. The van der Waals surface area contributed by atoms with Crippen LogP contribution >= 0.6 is 15.9 Å². The predicted molar refractivity (Wildman–Crippen MR) is 76.8 cm³/mol. The zero-order valence-corrected chi connectivity index (χ0v) is 12.4. The standard InChI is InChI=1S/C12H11BrN2O3S/c1-8-10(13)3-2-4-11(8)15-19(17,18)9-5-6-12(16)14-7-9/h2-7,15H,1H3,(H,14,16). The first kappa shape index (κ1) is 13.8. The Morgan fingerprint density at radius 3 is 2.58 bits per heavy atom. The van der Waals surface area contributed by atoms with Gasteiger partial charge in [-0.25, -0.2) is 8.42 Å². The Morgan fingerprint density at radius 1 is 1.21 bits per heavy atom. The molecule has 0 unspecified atom stereocenters. The lowest BCUT2D eigenvalue weighted by Gasteiger charge is -2.11. The van der Waals surface area contributed by atoms with E-state index >= 15 is 0 Å². The number of aromatic nitrogens is 1. The summed E-state index contributed by atoms with van der Waals surface area (Å²) in [5, 5.41) is 0. The average molecular weight is 343 g/mol. The van der Waals surface area contributed by atoms with Crippen molar-refractivity contribution in [2.24, 2.45) is 0 Å². The van der Waals surface area contributed by atoms with Crippen LogP contribution in [0.15, 0.2) is 50.7 Å². The van der Waals surface area contributed by atoms with E-state index in [4.69, 9.17) is 0 Å². The molecule has 0 saturated carbocycles. The first-order valence-electron chi connectivity index (χ1n) is 5.37. The Kier molecular flexibility index (Phi) is 3.77. The van der Waals surface area contributed by atoms with Gasteiger partial charge in [-0.05, 0) is 30.7 Å². The number of rotatable bonds is 3. The Balaban J connectivity index is 2.39. The molecule has 0 radical (unpaired) electrons. The summed E-state index contributed by atoms with van der Waals surface area (Å²) >= 11 is 3.34. The molecule has 1 aromatic heterocycles. The molecule has 0 fully saturated rings. The van der Waals surface area contributed by atoms with Crippen molar-refractivity contribution in [2.45, 2.75) is 11.8 Å². The fourth-order valence-corrected chi connectivity index (χ4v) is 2.94. The molecule has 0 aliphatic carbocycles. The van der Waals surface area contributed by atoms with E-state index < -0.39 is 10.0 Å². The van der Waals surface area contributed by atoms with Crippen LogP contribution in [0, 0.1) is 6.92 Å². The molecule has 7 heteroatoms. The van der Waals surface area contributed by atoms with Crippen LogP contribution in [0.25, 0.3) is 0 Å². The van der Waals surface area contributed by atoms with Crippen molar-refractivity contribution >= 4 is 31.6 Å². The highest BCUT2D eigenvalue weighted by Crippen LogP contribution is 2.25. The molecule has 2 N–H and O–H groups in total. The third kappa shape index (κ3) is 3.05. The van der Waals surface area contributed by atoms with E-state index in [1.807, 2.05) is 6.07 Å². The lowest BCUT2D eigenvalue weighted by molar-refractivity contribution is 0.600. The highest BCUT2D eigenvalue weighted by molar-refractivity contribution is 9.10. The quantitative estimate of drug-likeness (QED) is 0.897. The van der Waals surface area contributed by atoms with Gasteiger partial charge in [0.2, 0.25) is 5.56 Å². The fourth-order valence-electron chi connectivity index (χ4n) is 1.49. The van der Waals surface area contributed by atoms with Crippen LogP contribution in [0.4, 0.5) is 5.69 Å². The molecule has 1 heterocycles. The number of pyridine rings is 1. The Morgan fingerprint density at radius 2 is 1.95 bits per heavy atom. The zero-order valence-electron chi connectivity index (χ0n) is 9.98. The topological polar surface area (TPSA) is 79.0 Å². The summed E-state index contributed by atoms with van der Waals surface area (Å²) < 4.78 is 27.6. The molecule has 0 aliphatic rings. The Labute approximate surface area is 118 Å². The van der Waals surface area contributed by atoms with Crippen LogP contribution in [0.1, 0.15) is 5.56 Å². The number of hydrogen-bond acceptors (Lipinski definition) is 3. The second-order valence-electron chi connectivity index (χ2n) is 3.91. The minimum atomic E-state index is -3.71. The molecule has 5 nitrogen and oxygen atoms in total. The lowest BCUT2D eigenvalue weighted by Crippen LogP contribution is -2.15. The van der Waals surface area contributed by atoms with Crippen LogP contribution in [0.3, 0.4) is 0 Å². The summed E-state index contributed by atoms with van der Waals surface area (Å²) in [7, 11) is -3.71. The van der Waals surface area contributed by atoms with E-state index in [0.717, 1.165) is 16.2 Å². The van der Waals surface area contributed by atoms with Gasteiger partial charge in [0.1, 0.15) is 4.90 Å². The van der Waals surface area contributed by atoms with Gasteiger partial charge in [-0.2, -0.15) is 0 Å². The van der Waals surface area contributed by atoms with Gasteiger partial charge in [0, 0.05) is 16.7 Å². The van der Waals surface area contributed by atoms with Gasteiger partial charge >= 0.3 is 0 Å². The molecule has 1 aromatic carbocycles. The number of hydrogen-bond donors (Lipinski definition) is 2. The van der Waals surface area contributed by atoms with Gasteiger partial charge < -0.3 is 4.98 Å². The molecular formula is C12H11BrN2O3S. The molecule has 0 bridgehead atoms. The molecule has 100 valence electrons. The highest BCUT2D eigenvalue weighted by Gasteiger charge is 2.15. The van der Waals surface area contributed by atoms with E-state index in [1.165, 1.54) is 12.1 Å². The van der Waals surface area contributed by atoms with Crippen LogP contribution in [0.5, 0.6) is 0 Å². The normalized spacial score (nSPS) is 11.3. The maximum atomic E-state index is 12.1. The molecule has 0 spiro atoms. The maximum Gasteiger partial charge on any atom is 0.263 e. The molecule has 0 atom stereocenters. The summed E-state index contributed by atoms with van der Waals surface area (Å²) in [5.74, 6) is 0. The lowest BCUT2D eigenvalue weighted by atomic mass is 10.2. The molecule has 19 heavy (non-hydrogen) atoms. The third-order valence-corrected chi connectivity index (χ3v) is 4.80. The number of benzene rings is 1. The van der Waals surface area contributed by atoms with Crippen LogP contribution < -0.4 is 10.3 Å². The van der Waals surface area contributed by atoms with Gasteiger partial charge in [-0.1, -0.05) is 22.0 Å². The average Bonchev–Trinajstić information content (AvgIpc) is 2.35. The van der Waals surface area contributed by atoms with Crippen LogP contribution in [-0.2, 0) is 10.0 Å². The summed E-state index contributed by atoms with van der Waals surface area (Å²) in [6.07, 6.45) is 1.16. The van der Waals surface area contributed by atoms with Gasteiger partial charge in [0.05, 0.1) is 5.69 Å². The minimum absolute atomic E-state index is 0.00600. The van der Waals surface area contributed by atoms with Crippen molar-refractivity contribution in [3.8, 4) is 0 Å². The monoisotopic (exact) mass is 342 g/mol. The van der Waals surface area contributed by atoms with Gasteiger partial charge in [-0.3, -0.25) is 9.52 Å². The number of nitrogens with one attached hydrogen (secondary N) is 2. The number of H-pyrrole nitrogens is 1. The van der Waals surface area contributed by atoms with E-state index in [0.29, 0.717) is 5.69 Å². The highest BCUT2D eigenvalue weighted by atomic mass is 79.9. The second kappa shape index (κ2) is 5.18. The molecular weight excluding hydrogens is 332 g/mol. The van der Waals surface area contributed by atoms with Crippen LogP contribution in [0.2, 0.25) is 0 Å². The van der Waals surface area contributed by atoms with Crippen molar-refractivity contribution in [3.05, 3.63) is 56.9 Å². The molecule has 2 aromatic rings. The summed E-state index contributed by atoms with van der Waals surface area (Å²) in [4.78, 5) is 13.3. The zero-order chi connectivity index (χ0) is 14.0. The molecule has 0 saturated heterocycles. The van der Waals surface area contributed by atoms with Crippen molar-refractivity contribution in [1.82, 2.24) is 4.98 Å². The molecule has 0 aliphatic heterocycles. The summed E-state index contributed by atoms with van der Waals surface area (Å²) in [6, 6.07) is 7.66. The van der Waals surface area contributed by atoms with Crippen molar-refractivity contribution in [2.75, 3.05) is 4.72 Å². The summed E-state index contributed by atoms with van der Waals surface area (Å²) in [6.45, 7) is 1.80.